The second-order valence-corrected chi connectivity index (χ2v) is 16.6. The number of aryl methyl sites for hydroxylation is 1. The molecule has 0 amide bonds. The van der Waals surface area contributed by atoms with E-state index in [9.17, 15) is 13.2 Å². The van der Waals surface area contributed by atoms with Crippen molar-refractivity contribution in [1.82, 2.24) is 9.55 Å². The van der Waals surface area contributed by atoms with Gasteiger partial charge < -0.3 is 33.1 Å². The molecule has 6 aromatic rings. The van der Waals surface area contributed by atoms with Gasteiger partial charge in [-0.3, -0.25) is 0 Å². The van der Waals surface area contributed by atoms with Crippen LogP contribution in [-0.2, 0) is 17.2 Å². The van der Waals surface area contributed by atoms with Crippen molar-refractivity contribution in [3.8, 4) is 23.0 Å². The summed E-state index contributed by atoms with van der Waals surface area (Å²) in [7, 11) is 4.92. The highest BCUT2D eigenvalue weighted by atomic mass is 32.2. The second-order valence-electron chi connectivity index (χ2n) is 15.2. The third-order valence-electron chi connectivity index (χ3n) is 11.4. The summed E-state index contributed by atoms with van der Waals surface area (Å²) < 4.78 is 85.7. The number of rotatable bonds is 8. The highest BCUT2D eigenvalue weighted by Crippen LogP contribution is 2.37. The van der Waals surface area contributed by atoms with Gasteiger partial charge in [-0.15, -0.1) is 0 Å². The van der Waals surface area contributed by atoms with Crippen molar-refractivity contribution in [2.45, 2.75) is 5.51 Å². The predicted octanol–water partition coefficient (Wildman–Crippen LogP) is 7.73. The number of methoxy groups -OCH3 is 4. The number of aromatic nitrogens is 2. The molecule has 9 rings (SSSR count). The largest absolute Gasteiger partial charge is 0.741 e. The molecule has 0 atom stereocenters. The summed E-state index contributed by atoms with van der Waals surface area (Å²) in [4.78, 5) is 9.31. The first-order chi connectivity index (χ1) is 31.6. The maximum Gasteiger partial charge on any atom is 0.485 e. The third-order valence-corrected chi connectivity index (χ3v) is 11.9. The minimum atomic E-state index is -6.09. The molecule has 2 aromatic heterocycles. The number of nitrogens with zero attached hydrogens (tertiary/aromatic N) is 3. The number of halogens is 3. The Bertz CT molecular complexity index is 3280. The van der Waals surface area contributed by atoms with E-state index in [-0.39, 0.29) is 0 Å². The normalized spacial score (nSPS) is 14.7. The number of aromatic amines is 1. The molecule has 0 fully saturated rings. The first-order valence-electron chi connectivity index (χ1n) is 20.4. The number of allylic oxidation sites excluding steroid dienone is 5. The molecule has 66 heavy (non-hydrogen) atoms. The number of hydrogen-bond donors (Lipinski definition) is 1. The fourth-order valence-corrected chi connectivity index (χ4v) is 8.09. The summed E-state index contributed by atoms with van der Waals surface area (Å²) in [5.41, 5.74) is 8.55. The lowest BCUT2D eigenvalue weighted by atomic mass is 9.96. The van der Waals surface area contributed by atoms with Crippen LogP contribution in [0, 0.1) is 0 Å². The molecule has 1 N–H and O–H groups in total. The van der Waals surface area contributed by atoms with Gasteiger partial charge in [0.1, 0.15) is 30.0 Å². The van der Waals surface area contributed by atoms with Crippen molar-refractivity contribution >= 4 is 43.8 Å². The van der Waals surface area contributed by atoms with E-state index in [4.69, 9.17) is 36.9 Å². The molecule has 15 heteroatoms. The monoisotopic (exact) mass is 912 g/mol. The zero-order chi connectivity index (χ0) is 46.9. The number of nitrogens with one attached hydrogen (secondary N) is 1. The summed E-state index contributed by atoms with van der Waals surface area (Å²) in [6.07, 6.45) is 10.9. The van der Waals surface area contributed by atoms with E-state index in [2.05, 4.69) is 125 Å². The zero-order valence-corrected chi connectivity index (χ0v) is 37.4. The van der Waals surface area contributed by atoms with Gasteiger partial charge >= 0.3 is 5.51 Å². The van der Waals surface area contributed by atoms with Crippen LogP contribution < -0.4 is 29.6 Å². The number of hydrogen-bond acceptors (Lipinski definition) is 8. The second kappa shape index (κ2) is 18.1. The molecule has 0 radical (unpaired) electrons. The van der Waals surface area contributed by atoms with E-state index in [0.29, 0.717) is 0 Å². The summed E-state index contributed by atoms with van der Waals surface area (Å²) in [6.45, 7) is 0. The molecule has 3 aliphatic rings. The Balaban J connectivity index is 0.000000679. The van der Waals surface area contributed by atoms with Gasteiger partial charge in [0.05, 0.1) is 56.7 Å². The molecule has 336 valence electrons. The van der Waals surface area contributed by atoms with Gasteiger partial charge in [-0.1, -0.05) is 48.5 Å². The summed E-state index contributed by atoms with van der Waals surface area (Å²) in [5.74, 6) is 3.18. The van der Waals surface area contributed by atoms with E-state index >= 15 is 0 Å². The summed E-state index contributed by atoms with van der Waals surface area (Å²) in [6, 6.07) is 39.6. The van der Waals surface area contributed by atoms with Crippen molar-refractivity contribution in [3.63, 3.8) is 0 Å². The van der Waals surface area contributed by atoms with Crippen LogP contribution in [0.5, 0.6) is 23.0 Å². The van der Waals surface area contributed by atoms with Gasteiger partial charge in [-0.2, -0.15) is 17.7 Å². The molecule has 0 saturated carbocycles. The smallest absolute Gasteiger partial charge is 0.485 e. The number of aliphatic imine (C=N–C) groups is 1. The highest BCUT2D eigenvalue weighted by Gasteiger charge is 2.37. The maximum atomic E-state index is 10.7. The number of ether oxygens (including phenoxy) is 4. The maximum absolute atomic E-state index is 10.7. The van der Waals surface area contributed by atoms with E-state index in [0.717, 1.165) is 112 Å². The summed E-state index contributed by atoms with van der Waals surface area (Å²) >= 11 is 0. The fourth-order valence-electron chi connectivity index (χ4n) is 8.09. The van der Waals surface area contributed by atoms with E-state index < -0.39 is 15.6 Å². The van der Waals surface area contributed by atoms with Gasteiger partial charge in [-0.05, 0) is 101 Å². The van der Waals surface area contributed by atoms with Gasteiger partial charge in [-0.25, -0.2) is 13.4 Å². The Morgan fingerprint density at radius 3 is 1.47 bits per heavy atom. The van der Waals surface area contributed by atoms with Crippen LogP contribution in [0.15, 0.2) is 162 Å². The number of H-pyrrole nitrogens is 1. The molecule has 5 heterocycles. The lowest BCUT2D eigenvalue weighted by Gasteiger charge is -2.12. The molecule has 0 spiro atoms. The van der Waals surface area contributed by atoms with E-state index in [1.807, 2.05) is 48.5 Å². The lowest BCUT2D eigenvalue weighted by Crippen LogP contribution is -2.21. The van der Waals surface area contributed by atoms with Crippen LogP contribution in [-0.4, -0.2) is 79.5 Å². The standard InChI is InChI=1S/C50H42N4O4.CHF3O3S/c1-53-30-35-29-46(53)50(34-13-21-39(58-6)22-14-34)43-26-24-41(52-43)48(32-9-17-37(56-4)18-10-32)40-23-25-42(51-40)49(33-11-19-38(57-5)20-12-33)45-28-27-44(54(45)2)47(35)31-7-15-36(55-3)16-8-31;2-1(3,4)8(5,6)7/h7-30H,1-6H3;(H,5,6,7). The van der Waals surface area contributed by atoms with Crippen LogP contribution in [0.4, 0.5) is 13.2 Å². The Morgan fingerprint density at radius 2 is 1.02 bits per heavy atom. The highest BCUT2D eigenvalue weighted by molar-refractivity contribution is 7.86. The van der Waals surface area contributed by atoms with Gasteiger partial charge in [0.25, 0.3) is 0 Å². The topological polar surface area (TPSA) is 130 Å². The quantitative estimate of drug-likeness (QED) is 0.0941. The van der Waals surface area contributed by atoms with Crippen molar-refractivity contribution in [3.05, 3.63) is 201 Å². The molecule has 0 aliphatic carbocycles. The first kappa shape index (κ1) is 45.0. The zero-order valence-electron chi connectivity index (χ0n) is 36.6. The van der Waals surface area contributed by atoms with Crippen molar-refractivity contribution in [2.75, 3.05) is 35.5 Å². The molecule has 0 saturated heterocycles. The lowest BCUT2D eigenvalue weighted by molar-refractivity contribution is -0.431. The Labute approximate surface area is 379 Å². The van der Waals surface area contributed by atoms with Crippen LogP contribution in [0.25, 0.3) is 22.3 Å². The first-order valence-corrected chi connectivity index (χ1v) is 21.8. The van der Waals surface area contributed by atoms with Gasteiger partial charge in [0.2, 0.25) is 11.4 Å². The number of alkyl halides is 3. The van der Waals surface area contributed by atoms with Crippen LogP contribution in [0.2, 0.25) is 0 Å². The fraction of sp³-hybridized carbons (Fsp3) is 0.137. The molecular weight excluding hydrogens is 870 g/mol. The van der Waals surface area contributed by atoms with E-state index in [1.54, 1.807) is 28.4 Å². The van der Waals surface area contributed by atoms with Gasteiger partial charge in [0.15, 0.2) is 10.1 Å². The number of fused-ring (bicyclic) bond motifs is 6. The Hall–Kier alpha value is -7.62. The van der Waals surface area contributed by atoms with Crippen LogP contribution in [0.1, 0.15) is 33.5 Å². The molecule has 11 nitrogen and oxygen atoms in total. The van der Waals surface area contributed by atoms with Gasteiger partial charge in [0, 0.05) is 52.8 Å². The minimum Gasteiger partial charge on any atom is -0.741 e. The van der Waals surface area contributed by atoms with Crippen molar-refractivity contribution < 1.29 is 49.7 Å². The average molecular weight is 913 g/mol. The molecular formula is C51H43F3N4O7S. The van der Waals surface area contributed by atoms with Crippen LogP contribution in [0.3, 0.4) is 0 Å². The molecule has 8 bridgehead atoms. The Kier molecular flexibility index (Phi) is 12.3. The van der Waals surface area contributed by atoms with Crippen LogP contribution >= 0.6 is 0 Å². The predicted molar refractivity (Wildman–Crippen MR) is 247 cm³/mol. The number of benzene rings is 4. The third kappa shape index (κ3) is 8.77. The molecule has 3 aliphatic heterocycles. The average Bonchev–Trinajstić information content (AvgIpc) is 4.14. The Morgan fingerprint density at radius 1 is 0.591 bits per heavy atom. The van der Waals surface area contributed by atoms with Crippen molar-refractivity contribution in [2.24, 2.45) is 12.0 Å². The number of likely N-dealkylation sites (N-methyl/N-ethyl adjacent to an activating group) is 1. The SMILES string of the molecule is COc1ccc(C2=C3C=CC(=N3)C(c3ccc(OC)cc3)=c3ccc([nH]3)=C(c3ccc(OC)cc3)c3cc(cn3C)C(c3ccc(OC)cc3)=C3C=CC2=[N+]3C)cc1.O=S(=O)([O-])C(F)(F)F. The van der Waals surface area contributed by atoms with E-state index in [1.165, 1.54) is 0 Å². The van der Waals surface area contributed by atoms with Crippen molar-refractivity contribution in [1.29, 1.82) is 0 Å². The molecule has 4 aromatic carbocycles. The minimum absolute atomic E-state index is 0.788. The molecule has 0 unspecified atom stereocenters. The summed E-state index contributed by atoms with van der Waals surface area (Å²) in [5, 5.41) is 1.91.